The summed E-state index contributed by atoms with van der Waals surface area (Å²) in [5.74, 6) is 2.82. The van der Waals surface area contributed by atoms with E-state index in [4.69, 9.17) is 14.7 Å². The number of hydrogen-bond donors (Lipinski definition) is 1. The number of piperidine rings is 1. The van der Waals surface area contributed by atoms with E-state index in [1.165, 1.54) is 56.5 Å². The molecule has 1 aliphatic heterocycles. The molecule has 4 rings (SSSR count). The molecule has 132 valence electrons. The molecule has 3 aliphatic rings. The van der Waals surface area contributed by atoms with Crippen LogP contribution < -0.4 is 5.32 Å². The average Bonchev–Trinajstić information content (AvgIpc) is 3.34. The second-order valence-electron chi connectivity index (χ2n) is 7.64. The van der Waals surface area contributed by atoms with Gasteiger partial charge < -0.3 is 15.0 Å². The van der Waals surface area contributed by atoms with Crippen molar-refractivity contribution < 1.29 is 4.74 Å². The van der Waals surface area contributed by atoms with Gasteiger partial charge in [0.05, 0.1) is 6.10 Å². The van der Waals surface area contributed by atoms with Crippen LogP contribution in [0.3, 0.4) is 0 Å². The number of nitrogens with one attached hydrogen (secondary N) is 1. The van der Waals surface area contributed by atoms with E-state index in [2.05, 4.69) is 17.3 Å². The van der Waals surface area contributed by atoms with Crippen LogP contribution in [-0.4, -0.2) is 54.3 Å². The minimum absolute atomic E-state index is 0.464. The standard InChI is InChI=1S/C19H30N4O/c1-23-11-8-15(9-12-23)24-13-3-10-20-19-16-4-2-5-17(16)21-18(22-19)14-6-7-14/h14-15H,2-13H2,1H3,(H,20,21,22). The van der Waals surface area contributed by atoms with Crippen molar-refractivity contribution in [1.82, 2.24) is 14.9 Å². The SMILES string of the molecule is CN1CCC(OCCCNc2nc(C3CC3)nc3c2CCC3)CC1. The molecule has 0 aromatic carbocycles. The molecule has 2 aliphatic carbocycles. The number of rotatable bonds is 7. The van der Waals surface area contributed by atoms with Gasteiger partial charge in [0, 0.05) is 43.4 Å². The van der Waals surface area contributed by atoms with Gasteiger partial charge in [-0.2, -0.15) is 0 Å². The number of hydrogen-bond acceptors (Lipinski definition) is 5. The highest BCUT2D eigenvalue weighted by Gasteiger charge is 2.29. The first-order valence-corrected chi connectivity index (χ1v) is 9.73. The lowest BCUT2D eigenvalue weighted by molar-refractivity contribution is 0.0125. The molecule has 2 heterocycles. The van der Waals surface area contributed by atoms with Crippen molar-refractivity contribution in [2.24, 2.45) is 0 Å². The van der Waals surface area contributed by atoms with E-state index >= 15 is 0 Å². The molecule has 5 heteroatoms. The fourth-order valence-corrected chi connectivity index (χ4v) is 3.80. The van der Waals surface area contributed by atoms with Crippen LogP contribution in [0.4, 0.5) is 5.82 Å². The molecule has 2 fully saturated rings. The van der Waals surface area contributed by atoms with E-state index in [1.54, 1.807) is 0 Å². The summed E-state index contributed by atoms with van der Waals surface area (Å²) in [6.45, 7) is 4.13. The molecule has 1 aromatic heterocycles. The number of ether oxygens (including phenoxy) is 1. The molecule has 1 saturated heterocycles. The molecule has 24 heavy (non-hydrogen) atoms. The van der Waals surface area contributed by atoms with Gasteiger partial charge in [-0.15, -0.1) is 0 Å². The van der Waals surface area contributed by atoms with Gasteiger partial charge in [0.25, 0.3) is 0 Å². The minimum Gasteiger partial charge on any atom is -0.378 e. The Labute approximate surface area is 145 Å². The second kappa shape index (κ2) is 7.36. The number of anilines is 1. The fraction of sp³-hybridized carbons (Fsp3) is 0.789. The summed E-state index contributed by atoms with van der Waals surface area (Å²) < 4.78 is 6.03. The van der Waals surface area contributed by atoms with Crippen LogP contribution in [0.1, 0.15) is 61.5 Å². The topological polar surface area (TPSA) is 50.3 Å². The van der Waals surface area contributed by atoms with E-state index in [0.29, 0.717) is 12.0 Å². The molecule has 5 nitrogen and oxygen atoms in total. The van der Waals surface area contributed by atoms with E-state index in [9.17, 15) is 0 Å². The molecule has 0 unspecified atom stereocenters. The Morgan fingerprint density at radius 2 is 1.96 bits per heavy atom. The van der Waals surface area contributed by atoms with Gasteiger partial charge in [-0.25, -0.2) is 9.97 Å². The lowest BCUT2D eigenvalue weighted by Crippen LogP contribution is -2.34. The van der Waals surface area contributed by atoms with Crippen molar-refractivity contribution >= 4 is 5.82 Å². The maximum Gasteiger partial charge on any atom is 0.134 e. The Hall–Kier alpha value is -1.20. The number of fused-ring (bicyclic) bond motifs is 1. The minimum atomic E-state index is 0.464. The Bertz CT molecular complexity index is 565. The first-order chi connectivity index (χ1) is 11.8. The molecule has 0 amide bonds. The van der Waals surface area contributed by atoms with Crippen molar-refractivity contribution in [3.05, 3.63) is 17.1 Å². The van der Waals surface area contributed by atoms with E-state index in [-0.39, 0.29) is 0 Å². The summed E-state index contributed by atoms with van der Waals surface area (Å²) in [7, 11) is 2.19. The second-order valence-corrected chi connectivity index (χ2v) is 7.64. The van der Waals surface area contributed by atoms with Crippen LogP contribution in [0.25, 0.3) is 0 Å². The van der Waals surface area contributed by atoms with Gasteiger partial charge in [-0.1, -0.05) is 0 Å². The van der Waals surface area contributed by atoms with Crippen molar-refractivity contribution in [3.63, 3.8) is 0 Å². The van der Waals surface area contributed by atoms with Crippen LogP contribution in [0.2, 0.25) is 0 Å². The monoisotopic (exact) mass is 330 g/mol. The predicted molar refractivity (Wildman–Crippen MR) is 95.6 cm³/mol. The van der Waals surface area contributed by atoms with Crippen LogP contribution in [0, 0.1) is 0 Å². The van der Waals surface area contributed by atoms with Crippen LogP contribution in [0.15, 0.2) is 0 Å². The first kappa shape index (κ1) is 16.3. The summed E-state index contributed by atoms with van der Waals surface area (Å²) in [6, 6.07) is 0. The van der Waals surface area contributed by atoms with Crippen molar-refractivity contribution in [1.29, 1.82) is 0 Å². The number of aromatic nitrogens is 2. The van der Waals surface area contributed by atoms with Crippen LogP contribution in [-0.2, 0) is 17.6 Å². The van der Waals surface area contributed by atoms with Crippen molar-refractivity contribution in [2.45, 2.75) is 63.4 Å². The van der Waals surface area contributed by atoms with Crippen molar-refractivity contribution in [3.8, 4) is 0 Å². The largest absolute Gasteiger partial charge is 0.378 e. The predicted octanol–water partition coefficient (Wildman–Crippen LogP) is 2.76. The average molecular weight is 330 g/mol. The number of nitrogens with zero attached hydrogens (tertiary/aromatic N) is 3. The van der Waals surface area contributed by atoms with E-state index in [1.807, 2.05) is 0 Å². The van der Waals surface area contributed by atoms with Gasteiger partial charge in [-0.05, 0) is 58.4 Å². The third-order valence-corrected chi connectivity index (χ3v) is 5.53. The zero-order valence-corrected chi connectivity index (χ0v) is 14.9. The van der Waals surface area contributed by atoms with Gasteiger partial charge in [0.1, 0.15) is 11.6 Å². The maximum atomic E-state index is 6.03. The van der Waals surface area contributed by atoms with Crippen LogP contribution in [0.5, 0.6) is 0 Å². The van der Waals surface area contributed by atoms with Crippen LogP contribution >= 0.6 is 0 Å². The smallest absolute Gasteiger partial charge is 0.134 e. The molecule has 1 N–H and O–H groups in total. The molecular weight excluding hydrogens is 300 g/mol. The highest BCUT2D eigenvalue weighted by atomic mass is 16.5. The molecule has 0 spiro atoms. The Morgan fingerprint density at radius 3 is 2.75 bits per heavy atom. The van der Waals surface area contributed by atoms with Gasteiger partial charge >= 0.3 is 0 Å². The lowest BCUT2D eigenvalue weighted by Gasteiger charge is -2.28. The Morgan fingerprint density at radius 1 is 1.12 bits per heavy atom. The fourth-order valence-electron chi connectivity index (χ4n) is 3.80. The third kappa shape index (κ3) is 3.89. The Balaban J connectivity index is 1.24. The maximum absolute atomic E-state index is 6.03. The zero-order valence-electron chi connectivity index (χ0n) is 14.9. The van der Waals surface area contributed by atoms with Gasteiger partial charge in [0.2, 0.25) is 0 Å². The molecule has 0 bridgehead atoms. The normalized spacial score (nSPS) is 21.9. The summed E-state index contributed by atoms with van der Waals surface area (Å²) >= 11 is 0. The first-order valence-electron chi connectivity index (χ1n) is 9.73. The van der Waals surface area contributed by atoms with Gasteiger partial charge in [-0.3, -0.25) is 0 Å². The summed E-state index contributed by atoms with van der Waals surface area (Å²) in [5, 5.41) is 3.57. The van der Waals surface area contributed by atoms with E-state index < -0.39 is 0 Å². The molecular formula is C19H30N4O. The lowest BCUT2D eigenvalue weighted by atomic mass is 10.1. The highest BCUT2D eigenvalue weighted by Crippen LogP contribution is 2.40. The third-order valence-electron chi connectivity index (χ3n) is 5.53. The van der Waals surface area contributed by atoms with Crippen molar-refractivity contribution in [2.75, 3.05) is 38.6 Å². The summed E-state index contributed by atoms with van der Waals surface area (Å²) in [5.41, 5.74) is 2.67. The molecule has 0 radical (unpaired) electrons. The zero-order chi connectivity index (χ0) is 16.4. The molecule has 1 aromatic rings. The van der Waals surface area contributed by atoms with E-state index in [0.717, 1.165) is 44.1 Å². The molecule has 0 atom stereocenters. The highest BCUT2D eigenvalue weighted by molar-refractivity contribution is 5.49. The van der Waals surface area contributed by atoms with Gasteiger partial charge in [0.15, 0.2) is 0 Å². The summed E-state index contributed by atoms with van der Waals surface area (Å²) in [6.07, 6.45) is 9.88. The summed E-state index contributed by atoms with van der Waals surface area (Å²) in [4.78, 5) is 12.0. The Kier molecular flexibility index (Phi) is 4.99. The quantitative estimate of drug-likeness (QED) is 0.779. The molecule has 1 saturated carbocycles. The number of aryl methyl sites for hydroxylation is 1. The number of likely N-dealkylation sites (tertiary alicyclic amines) is 1.